The monoisotopic (exact) mass is 213 g/mol. The van der Waals surface area contributed by atoms with Crippen LogP contribution in [-0.2, 0) is 17.3 Å². The second kappa shape index (κ2) is 3.75. The summed E-state index contributed by atoms with van der Waals surface area (Å²) in [7, 11) is 0. The molecule has 3 nitrogen and oxygen atoms in total. The Labute approximate surface area is 85.9 Å². The van der Waals surface area contributed by atoms with E-state index in [-0.39, 0.29) is 0 Å². The summed E-state index contributed by atoms with van der Waals surface area (Å²) in [6.07, 6.45) is 2.04. The van der Waals surface area contributed by atoms with Gasteiger partial charge < -0.3 is 5.73 Å². The van der Waals surface area contributed by atoms with Crippen molar-refractivity contribution in [3.8, 4) is 0 Å². The molecule has 5 heteroatoms. The molecule has 1 aliphatic rings. The van der Waals surface area contributed by atoms with Crippen LogP contribution in [0.15, 0.2) is 0 Å². The van der Waals surface area contributed by atoms with Gasteiger partial charge in [-0.15, -0.1) is 0 Å². The molecule has 0 saturated heterocycles. The first kappa shape index (κ1) is 9.15. The Hall–Kier alpha value is -0.420. The van der Waals surface area contributed by atoms with Crippen molar-refractivity contribution >= 4 is 29.3 Å². The first-order valence-electron chi connectivity index (χ1n) is 4.02. The largest absolute Gasteiger partial charge is 0.383 e. The lowest BCUT2D eigenvalue weighted by atomic mass is 10.2. The molecule has 1 aromatic heterocycles. The lowest BCUT2D eigenvalue weighted by Crippen LogP contribution is -2.04. The summed E-state index contributed by atoms with van der Waals surface area (Å²) in [5.41, 5.74) is 8.12. The molecule has 2 heterocycles. The van der Waals surface area contributed by atoms with E-state index < -0.39 is 0 Å². The number of nitrogens with zero attached hydrogens (tertiary/aromatic N) is 2. The van der Waals surface area contributed by atoms with Crippen molar-refractivity contribution in [2.45, 2.75) is 17.3 Å². The maximum absolute atomic E-state index is 5.83. The van der Waals surface area contributed by atoms with E-state index in [9.17, 15) is 0 Å². The number of aromatic nitrogens is 2. The summed E-state index contributed by atoms with van der Waals surface area (Å²) in [5, 5.41) is 0. The van der Waals surface area contributed by atoms with Crippen LogP contribution >= 0.6 is 23.5 Å². The Balaban J connectivity index is 2.37. The maximum atomic E-state index is 5.83. The van der Waals surface area contributed by atoms with Gasteiger partial charge in [-0.2, -0.15) is 23.5 Å². The minimum Gasteiger partial charge on any atom is -0.383 e. The highest BCUT2D eigenvalue weighted by molar-refractivity contribution is 7.98. The fourth-order valence-electron chi connectivity index (χ4n) is 1.32. The normalized spacial score (nSPS) is 14.5. The molecule has 13 heavy (non-hydrogen) atoms. The topological polar surface area (TPSA) is 51.8 Å². The molecule has 0 unspecified atom stereocenters. The van der Waals surface area contributed by atoms with Crippen molar-refractivity contribution in [3.05, 3.63) is 17.1 Å². The lowest BCUT2D eigenvalue weighted by molar-refractivity contribution is 0.983. The van der Waals surface area contributed by atoms with Crippen molar-refractivity contribution in [1.82, 2.24) is 9.97 Å². The molecule has 2 rings (SSSR count). The van der Waals surface area contributed by atoms with Crippen molar-refractivity contribution in [1.29, 1.82) is 0 Å². The second-order valence-electron chi connectivity index (χ2n) is 2.88. The fraction of sp³-hybridized carbons (Fsp3) is 0.500. The molecule has 0 aliphatic carbocycles. The predicted molar refractivity (Wildman–Crippen MR) is 58.7 cm³/mol. The summed E-state index contributed by atoms with van der Waals surface area (Å²) in [5.74, 6) is 4.36. The average Bonchev–Trinajstić information content (AvgIpc) is 2.53. The minimum absolute atomic E-state index is 0.680. The van der Waals surface area contributed by atoms with Crippen LogP contribution in [0.5, 0.6) is 0 Å². The van der Waals surface area contributed by atoms with Gasteiger partial charge in [0, 0.05) is 17.1 Å². The van der Waals surface area contributed by atoms with Crippen LogP contribution in [0.1, 0.15) is 17.1 Å². The highest BCUT2D eigenvalue weighted by atomic mass is 32.2. The number of hydrogen-bond donors (Lipinski definition) is 1. The van der Waals surface area contributed by atoms with Gasteiger partial charge in [0.25, 0.3) is 0 Å². The smallest absolute Gasteiger partial charge is 0.140 e. The molecule has 2 N–H and O–H groups in total. The molecule has 0 aromatic carbocycles. The molecule has 0 amide bonds. The number of fused-ring (bicyclic) bond motifs is 1. The summed E-state index contributed by atoms with van der Waals surface area (Å²) in [6, 6.07) is 0. The number of anilines is 1. The summed E-state index contributed by atoms with van der Waals surface area (Å²) >= 11 is 3.58. The minimum atomic E-state index is 0.680. The van der Waals surface area contributed by atoms with E-state index in [0.29, 0.717) is 5.82 Å². The van der Waals surface area contributed by atoms with Crippen LogP contribution in [0.4, 0.5) is 5.82 Å². The second-order valence-corrected chi connectivity index (χ2v) is 4.73. The Morgan fingerprint density at radius 1 is 1.46 bits per heavy atom. The molecule has 0 fully saturated rings. The Bertz CT molecular complexity index is 327. The van der Waals surface area contributed by atoms with Gasteiger partial charge in [0.15, 0.2) is 0 Å². The van der Waals surface area contributed by atoms with Gasteiger partial charge in [0.2, 0.25) is 0 Å². The maximum Gasteiger partial charge on any atom is 0.140 e. The summed E-state index contributed by atoms with van der Waals surface area (Å²) < 4.78 is 0. The van der Waals surface area contributed by atoms with Gasteiger partial charge in [-0.3, -0.25) is 0 Å². The highest BCUT2D eigenvalue weighted by Crippen LogP contribution is 2.31. The predicted octanol–water partition coefficient (Wildman–Crippen LogP) is 1.67. The van der Waals surface area contributed by atoms with E-state index >= 15 is 0 Å². The van der Waals surface area contributed by atoms with Crippen LogP contribution < -0.4 is 5.73 Å². The van der Waals surface area contributed by atoms with Crippen LogP contribution in [0.25, 0.3) is 0 Å². The van der Waals surface area contributed by atoms with E-state index in [1.165, 1.54) is 0 Å². The Morgan fingerprint density at radius 2 is 2.31 bits per heavy atom. The Morgan fingerprint density at radius 3 is 3.08 bits per heavy atom. The third-order valence-electron chi connectivity index (χ3n) is 1.93. The van der Waals surface area contributed by atoms with Gasteiger partial charge >= 0.3 is 0 Å². The molecule has 0 bridgehead atoms. The average molecular weight is 213 g/mol. The number of hydrogen-bond acceptors (Lipinski definition) is 5. The molecular formula is C8H11N3S2. The number of nitrogens with two attached hydrogens (primary N) is 1. The van der Waals surface area contributed by atoms with Gasteiger partial charge in [-0.05, 0) is 6.26 Å². The molecular weight excluding hydrogens is 202 g/mol. The fourth-order valence-corrected chi connectivity index (χ4v) is 2.76. The van der Waals surface area contributed by atoms with E-state index in [2.05, 4.69) is 9.97 Å². The van der Waals surface area contributed by atoms with Gasteiger partial charge in [-0.1, -0.05) is 0 Å². The zero-order chi connectivity index (χ0) is 9.26. The van der Waals surface area contributed by atoms with Gasteiger partial charge in [-0.25, -0.2) is 9.97 Å². The number of rotatable bonds is 2. The van der Waals surface area contributed by atoms with Crippen molar-refractivity contribution < 1.29 is 0 Å². The van der Waals surface area contributed by atoms with E-state index in [1.54, 1.807) is 11.8 Å². The molecule has 0 saturated carbocycles. The molecule has 0 radical (unpaired) electrons. The molecule has 1 aromatic rings. The van der Waals surface area contributed by atoms with Gasteiger partial charge in [0.1, 0.15) is 11.6 Å². The number of nitrogen functional groups attached to an aromatic ring is 1. The van der Waals surface area contributed by atoms with Crippen molar-refractivity contribution in [2.24, 2.45) is 0 Å². The third kappa shape index (κ3) is 1.76. The van der Waals surface area contributed by atoms with Crippen LogP contribution in [0.3, 0.4) is 0 Å². The first-order valence-corrected chi connectivity index (χ1v) is 6.57. The third-order valence-corrected chi connectivity index (χ3v) is 3.45. The molecule has 0 spiro atoms. The zero-order valence-corrected chi connectivity index (χ0v) is 9.04. The highest BCUT2D eigenvalue weighted by Gasteiger charge is 2.17. The summed E-state index contributed by atoms with van der Waals surface area (Å²) in [6.45, 7) is 0. The van der Waals surface area contributed by atoms with Crippen LogP contribution in [-0.4, -0.2) is 16.2 Å². The van der Waals surface area contributed by atoms with E-state index in [0.717, 1.165) is 34.3 Å². The summed E-state index contributed by atoms with van der Waals surface area (Å²) in [4.78, 5) is 8.74. The quantitative estimate of drug-likeness (QED) is 0.810. The van der Waals surface area contributed by atoms with Crippen LogP contribution in [0.2, 0.25) is 0 Å². The van der Waals surface area contributed by atoms with Crippen molar-refractivity contribution in [2.75, 3.05) is 12.0 Å². The SMILES string of the molecule is CSCc1nc(N)c2c(n1)CSC2. The molecule has 70 valence electrons. The zero-order valence-electron chi connectivity index (χ0n) is 7.41. The number of thioether (sulfide) groups is 2. The van der Waals surface area contributed by atoms with Crippen LogP contribution in [0, 0.1) is 0 Å². The van der Waals surface area contributed by atoms with E-state index in [4.69, 9.17) is 5.73 Å². The lowest BCUT2D eigenvalue weighted by Gasteiger charge is -2.04. The van der Waals surface area contributed by atoms with Gasteiger partial charge in [0.05, 0.1) is 11.4 Å². The first-order chi connectivity index (χ1) is 6.31. The molecule has 0 atom stereocenters. The molecule has 1 aliphatic heterocycles. The van der Waals surface area contributed by atoms with Crippen molar-refractivity contribution in [3.63, 3.8) is 0 Å². The Kier molecular flexibility index (Phi) is 2.64. The van der Waals surface area contributed by atoms with E-state index in [1.807, 2.05) is 18.0 Å². The standard InChI is InChI=1S/C8H11N3S2/c1-12-4-7-10-6-3-13-2-5(6)8(9)11-7/h2-4H2,1H3,(H2,9,10,11).